The number of rotatable bonds is 14. The number of ether oxygens (including phenoxy) is 1. The topological polar surface area (TPSA) is 74.3 Å². The zero-order valence-corrected chi connectivity index (χ0v) is 18.1. The van der Waals surface area contributed by atoms with E-state index in [4.69, 9.17) is 4.74 Å². The summed E-state index contributed by atoms with van der Waals surface area (Å²) in [6.07, 6.45) is 17.7. The van der Waals surface area contributed by atoms with Crippen LogP contribution in [0, 0.1) is 0 Å². The summed E-state index contributed by atoms with van der Waals surface area (Å²) in [5.74, 6) is 0. The van der Waals surface area contributed by atoms with Crippen molar-refractivity contribution in [1.29, 1.82) is 0 Å². The van der Waals surface area contributed by atoms with Crippen LogP contribution < -0.4 is 11.2 Å². The molecule has 3 heterocycles. The molecule has 2 aromatic heterocycles. The van der Waals surface area contributed by atoms with Crippen LogP contribution in [0.15, 0.2) is 15.9 Å². The molecule has 7 nitrogen and oxygen atoms in total. The van der Waals surface area contributed by atoms with Crippen LogP contribution in [-0.2, 0) is 25.4 Å². The number of nitrogens with zero attached hydrogens (tertiary/aromatic N) is 4. The van der Waals surface area contributed by atoms with Gasteiger partial charge in [0.2, 0.25) is 0 Å². The Morgan fingerprint density at radius 1 is 0.897 bits per heavy atom. The summed E-state index contributed by atoms with van der Waals surface area (Å²) in [5.41, 5.74) is 0.403. The first-order chi connectivity index (χ1) is 14.1. The molecular formula is C22H36N4O3. The molecule has 1 saturated heterocycles. The van der Waals surface area contributed by atoms with Crippen LogP contribution in [-0.4, -0.2) is 31.4 Å². The summed E-state index contributed by atoms with van der Waals surface area (Å²) in [6.45, 7) is 1.77. The molecule has 2 aromatic rings. The Balaban J connectivity index is 1.25. The van der Waals surface area contributed by atoms with Gasteiger partial charge in [-0.15, -0.1) is 0 Å². The van der Waals surface area contributed by atoms with Crippen molar-refractivity contribution < 1.29 is 4.74 Å². The highest BCUT2D eigenvalue weighted by Gasteiger charge is 2.20. The van der Waals surface area contributed by atoms with E-state index in [1.807, 2.05) is 4.57 Å². The van der Waals surface area contributed by atoms with Crippen molar-refractivity contribution in [2.75, 3.05) is 6.61 Å². The predicted octanol–water partition coefficient (Wildman–Crippen LogP) is 3.51. The maximum atomic E-state index is 12.4. The van der Waals surface area contributed by atoms with E-state index in [-0.39, 0.29) is 11.2 Å². The van der Waals surface area contributed by atoms with Gasteiger partial charge in [-0.3, -0.25) is 13.9 Å². The maximum Gasteiger partial charge on any atom is 0.332 e. The van der Waals surface area contributed by atoms with Crippen molar-refractivity contribution in [3.05, 3.63) is 27.2 Å². The number of hydrogen-bond donors (Lipinski definition) is 0. The largest absolute Gasteiger partial charge is 0.373 e. The Labute approximate surface area is 172 Å². The zero-order chi connectivity index (χ0) is 20.6. The van der Waals surface area contributed by atoms with Gasteiger partial charge in [0.15, 0.2) is 11.2 Å². The standard InChI is InChI=1S/C22H36N4O3/c1-24-20-19(21(27)25(2)22(24)28)26(17-23-20)15-13-11-9-7-5-3-4-6-8-10-12-14-18-16-29-18/h17-18H,3-16H2,1-2H3. The van der Waals surface area contributed by atoms with Crippen LogP contribution in [0.25, 0.3) is 11.2 Å². The summed E-state index contributed by atoms with van der Waals surface area (Å²) >= 11 is 0. The van der Waals surface area contributed by atoms with Crippen molar-refractivity contribution in [1.82, 2.24) is 18.7 Å². The maximum absolute atomic E-state index is 12.4. The molecular weight excluding hydrogens is 368 g/mol. The van der Waals surface area contributed by atoms with E-state index in [0.717, 1.165) is 30.6 Å². The molecule has 7 heteroatoms. The van der Waals surface area contributed by atoms with Gasteiger partial charge in [-0.2, -0.15) is 0 Å². The lowest BCUT2D eigenvalue weighted by atomic mass is 10.0. The van der Waals surface area contributed by atoms with E-state index in [1.54, 1.807) is 13.4 Å². The number of epoxide rings is 1. The van der Waals surface area contributed by atoms with E-state index in [1.165, 1.54) is 75.8 Å². The number of fused-ring (bicyclic) bond motifs is 1. The van der Waals surface area contributed by atoms with Gasteiger partial charge >= 0.3 is 5.69 Å². The molecule has 1 aliphatic heterocycles. The molecule has 1 unspecified atom stereocenters. The SMILES string of the molecule is Cn1c(=O)c2c(ncn2CCCCCCCCCCCCCC2CO2)n(C)c1=O. The summed E-state index contributed by atoms with van der Waals surface area (Å²) in [4.78, 5) is 28.7. The highest BCUT2D eigenvalue weighted by molar-refractivity contribution is 5.69. The number of aromatic nitrogens is 4. The monoisotopic (exact) mass is 404 g/mol. The highest BCUT2D eigenvalue weighted by atomic mass is 16.6. The molecule has 0 aliphatic carbocycles. The number of hydrogen-bond acceptors (Lipinski definition) is 4. The van der Waals surface area contributed by atoms with Gasteiger partial charge in [-0.25, -0.2) is 9.78 Å². The summed E-state index contributed by atoms with van der Waals surface area (Å²) < 4.78 is 9.72. The molecule has 162 valence electrons. The summed E-state index contributed by atoms with van der Waals surface area (Å²) in [7, 11) is 3.18. The van der Waals surface area contributed by atoms with Crippen LogP contribution in [0.2, 0.25) is 0 Å². The van der Waals surface area contributed by atoms with E-state index in [0.29, 0.717) is 17.3 Å². The van der Waals surface area contributed by atoms with Crippen molar-refractivity contribution in [2.24, 2.45) is 14.1 Å². The van der Waals surface area contributed by atoms with Gasteiger partial charge in [0.05, 0.1) is 19.0 Å². The smallest absolute Gasteiger partial charge is 0.332 e. The fourth-order valence-corrected chi connectivity index (χ4v) is 4.05. The lowest BCUT2D eigenvalue weighted by Crippen LogP contribution is -2.37. The predicted molar refractivity (Wildman–Crippen MR) is 115 cm³/mol. The molecule has 3 rings (SSSR count). The molecule has 0 radical (unpaired) electrons. The van der Waals surface area contributed by atoms with Crippen LogP contribution >= 0.6 is 0 Å². The van der Waals surface area contributed by atoms with Gasteiger partial charge in [0, 0.05) is 20.6 Å². The first-order valence-electron chi connectivity index (χ1n) is 11.3. The molecule has 0 bridgehead atoms. The Morgan fingerprint density at radius 3 is 2.03 bits per heavy atom. The van der Waals surface area contributed by atoms with Gasteiger partial charge in [-0.1, -0.05) is 64.2 Å². The number of aryl methyl sites for hydroxylation is 2. The second kappa shape index (κ2) is 10.8. The van der Waals surface area contributed by atoms with Crippen molar-refractivity contribution in [2.45, 2.75) is 89.7 Å². The zero-order valence-electron chi connectivity index (χ0n) is 18.1. The lowest BCUT2D eigenvalue weighted by molar-refractivity contribution is 0.387. The Morgan fingerprint density at radius 2 is 1.45 bits per heavy atom. The minimum atomic E-state index is -0.333. The molecule has 0 aromatic carbocycles. The fraction of sp³-hybridized carbons (Fsp3) is 0.773. The molecule has 0 N–H and O–H groups in total. The number of imidazole rings is 1. The van der Waals surface area contributed by atoms with Crippen molar-refractivity contribution in [3.63, 3.8) is 0 Å². The van der Waals surface area contributed by atoms with Crippen molar-refractivity contribution >= 4 is 11.2 Å². The fourth-order valence-electron chi connectivity index (χ4n) is 4.05. The first-order valence-corrected chi connectivity index (χ1v) is 11.3. The first kappa shape index (κ1) is 21.8. The average Bonchev–Trinajstić information content (AvgIpc) is 3.45. The second-order valence-electron chi connectivity index (χ2n) is 8.45. The summed E-state index contributed by atoms with van der Waals surface area (Å²) in [6, 6.07) is 0. The molecule has 1 atom stereocenters. The van der Waals surface area contributed by atoms with E-state index in [2.05, 4.69) is 4.98 Å². The van der Waals surface area contributed by atoms with E-state index < -0.39 is 0 Å². The average molecular weight is 405 g/mol. The third-order valence-electron chi connectivity index (χ3n) is 6.04. The normalized spacial score (nSPS) is 16.0. The van der Waals surface area contributed by atoms with Crippen LogP contribution in [0.5, 0.6) is 0 Å². The molecule has 0 spiro atoms. The molecule has 1 aliphatic rings. The Kier molecular flexibility index (Phi) is 8.09. The van der Waals surface area contributed by atoms with Gasteiger partial charge in [0.1, 0.15) is 0 Å². The van der Waals surface area contributed by atoms with Gasteiger partial charge in [0.25, 0.3) is 5.56 Å². The van der Waals surface area contributed by atoms with Gasteiger partial charge in [-0.05, 0) is 12.8 Å². The number of unbranched alkanes of at least 4 members (excludes halogenated alkanes) is 10. The molecule has 0 amide bonds. The Bertz CT molecular complexity index is 892. The van der Waals surface area contributed by atoms with E-state index in [9.17, 15) is 9.59 Å². The third kappa shape index (κ3) is 6.04. The molecule has 29 heavy (non-hydrogen) atoms. The van der Waals surface area contributed by atoms with Crippen LogP contribution in [0.1, 0.15) is 77.0 Å². The minimum Gasteiger partial charge on any atom is -0.373 e. The quantitative estimate of drug-likeness (QED) is 0.357. The Hall–Kier alpha value is -1.89. The second-order valence-corrected chi connectivity index (χ2v) is 8.45. The third-order valence-corrected chi connectivity index (χ3v) is 6.04. The van der Waals surface area contributed by atoms with Crippen LogP contribution in [0.4, 0.5) is 0 Å². The summed E-state index contributed by atoms with van der Waals surface area (Å²) in [5, 5.41) is 0. The lowest BCUT2D eigenvalue weighted by Gasteiger charge is -2.07. The molecule has 0 saturated carbocycles. The van der Waals surface area contributed by atoms with Crippen LogP contribution in [0.3, 0.4) is 0 Å². The van der Waals surface area contributed by atoms with Gasteiger partial charge < -0.3 is 9.30 Å². The van der Waals surface area contributed by atoms with Crippen molar-refractivity contribution in [3.8, 4) is 0 Å². The highest BCUT2D eigenvalue weighted by Crippen LogP contribution is 2.18. The van der Waals surface area contributed by atoms with E-state index >= 15 is 0 Å². The minimum absolute atomic E-state index is 0.263. The molecule has 1 fully saturated rings.